The molecule has 0 unspecified atom stereocenters. The van der Waals surface area contributed by atoms with Crippen LogP contribution in [0.1, 0.15) is 18.1 Å². The summed E-state index contributed by atoms with van der Waals surface area (Å²) in [5.74, 6) is 0.144. The Hall–Kier alpha value is -2.49. The Morgan fingerprint density at radius 1 is 1.09 bits per heavy atom. The Morgan fingerprint density at radius 3 is 2.41 bits per heavy atom. The monoisotopic (exact) mass is 300 g/mol. The molecule has 0 saturated carbocycles. The fourth-order valence-corrected chi connectivity index (χ4v) is 2.32. The first-order valence-electron chi connectivity index (χ1n) is 7.24. The van der Waals surface area contributed by atoms with Crippen molar-refractivity contribution in [3.8, 4) is 11.5 Å². The first-order chi connectivity index (χ1) is 10.6. The molecule has 0 fully saturated rings. The van der Waals surface area contributed by atoms with Crippen molar-refractivity contribution in [1.82, 2.24) is 0 Å². The maximum Gasteiger partial charge on any atom is 0.345 e. The average Bonchev–Trinajstić information content (AvgIpc) is 2.54. The highest BCUT2D eigenvalue weighted by Gasteiger charge is 2.21. The Morgan fingerprint density at radius 2 is 1.77 bits per heavy atom. The molecule has 0 aliphatic carbocycles. The molecule has 0 radical (unpaired) electrons. The topological polar surface area (TPSA) is 55.8 Å². The summed E-state index contributed by atoms with van der Waals surface area (Å²) in [4.78, 5) is 11.5. The molecule has 0 bridgehead atoms. The molecule has 22 heavy (non-hydrogen) atoms. The molecule has 0 aliphatic heterocycles. The quantitative estimate of drug-likeness (QED) is 0.852. The van der Waals surface area contributed by atoms with E-state index in [9.17, 15) is 9.90 Å². The van der Waals surface area contributed by atoms with Crippen molar-refractivity contribution in [1.29, 1.82) is 0 Å². The molecule has 0 spiro atoms. The molecule has 2 rings (SSSR count). The van der Waals surface area contributed by atoms with Gasteiger partial charge in [0.15, 0.2) is 6.10 Å². The van der Waals surface area contributed by atoms with E-state index < -0.39 is 12.1 Å². The van der Waals surface area contributed by atoms with Crippen LogP contribution in [0.2, 0.25) is 0 Å². The number of carboxylic acids is 1. The van der Waals surface area contributed by atoms with Crippen LogP contribution in [0.3, 0.4) is 0 Å². The number of methoxy groups -OCH3 is 1. The van der Waals surface area contributed by atoms with Crippen molar-refractivity contribution in [2.24, 2.45) is 0 Å². The van der Waals surface area contributed by atoms with Crippen LogP contribution in [0.4, 0.5) is 0 Å². The second-order valence-electron chi connectivity index (χ2n) is 4.95. The maximum atomic E-state index is 11.5. The third kappa shape index (κ3) is 4.01. The third-order valence-electron chi connectivity index (χ3n) is 3.50. The van der Waals surface area contributed by atoms with Crippen molar-refractivity contribution in [2.45, 2.75) is 25.9 Å². The number of benzene rings is 2. The summed E-state index contributed by atoms with van der Waals surface area (Å²) >= 11 is 0. The van der Waals surface area contributed by atoms with Crippen molar-refractivity contribution < 1.29 is 19.4 Å². The lowest BCUT2D eigenvalue weighted by molar-refractivity contribution is -0.145. The molecule has 0 amide bonds. The van der Waals surface area contributed by atoms with Gasteiger partial charge in [-0.05, 0) is 29.7 Å². The average molecular weight is 300 g/mol. The normalized spacial score (nSPS) is 11.7. The van der Waals surface area contributed by atoms with E-state index in [4.69, 9.17) is 9.47 Å². The molecule has 4 nitrogen and oxygen atoms in total. The minimum absolute atomic E-state index is 0.330. The second-order valence-corrected chi connectivity index (χ2v) is 4.95. The number of ether oxygens (including phenoxy) is 2. The smallest absolute Gasteiger partial charge is 0.345 e. The summed E-state index contributed by atoms with van der Waals surface area (Å²) in [7, 11) is 1.56. The van der Waals surface area contributed by atoms with Crippen LogP contribution in [0.15, 0.2) is 48.5 Å². The van der Waals surface area contributed by atoms with Crippen molar-refractivity contribution >= 4 is 5.97 Å². The van der Waals surface area contributed by atoms with Gasteiger partial charge in [-0.25, -0.2) is 4.79 Å². The van der Waals surface area contributed by atoms with E-state index >= 15 is 0 Å². The van der Waals surface area contributed by atoms with E-state index in [0.717, 1.165) is 17.5 Å². The van der Waals surface area contributed by atoms with Crippen molar-refractivity contribution in [3.05, 3.63) is 59.7 Å². The van der Waals surface area contributed by atoms with E-state index in [1.807, 2.05) is 24.3 Å². The van der Waals surface area contributed by atoms with Crippen LogP contribution in [-0.2, 0) is 17.6 Å². The molecule has 0 aliphatic rings. The molecule has 1 atom stereocenters. The first-order valence-corrected chi connectivity index (χ1v) is 7.24. The third-order valence-corrected chi connectivity index (χ3v) is 3.50. The molecule has 1 N–H and O–H groups in total. The van der Waals surface area contributed by atoms with Crippen LogP contribution < -0.4 is 9.47 Å². The molecule has 0 aromatic heterocycles. The fourth-order valence-electron chi connectivity index (χ4n) is 2.32. The van der Waals surface area contributed by atoms with Gasteiger partial charge in [-0.2, -0.15) is 0 Å². The van der Waals surface area contributed by atoms with E-state index in [1.165, 1.54) is 0 Å². The predicted molar refractivity (Wildman–Crippen MR) is 84.6 cm³/mol. The Kier molecular flexibility index (Phi) is 5.42. The van der Waals surface area contributed by atoms with Crippen LogP contribution in [-0.4, -0.2) is 24.3 Å². The highest BCUT2D eigenvalue weighted by Crippen LogP contribution is 2.22. The maximum absolute atomic E-state index is 11.5. The van der Waals surface area contributed by atoms with E-state index in [-0.39, 0.29) is 0 Å². The SMILES string of the molecule is CCc1ccccc1C[C@@H](Oc1cccc(OC)c1)C(=O)O. The number of carbonyl (C=O) groups is 1. The molecule has 0 heterocycles. The Labute approximate surface area is 130 Å². The zero-order valence-corrected chi connectivity index (χ0v) is 12.8. The minimum Gasteiger partial charge on any atom is -0.497 e. The van der Waals surface area contributed by atoms with Crippen LogP contribution in [0, 0.1) is 0 Å². The number of hydrogen-bond acceptors (Lipinski definition) is 3. The lowest BCUT2D eigenvalue weighted by Gasteiger charge is -2.17. The first kappa shape index (κ1) is 15.9. The summed E-state index contributed by atoms with van der Waals surface area (Å²) in [5.41, 5.74) is 2.14. The van der Waals surface area contributed by atoms with Crippen molar-refractivity contribution in [3.63, 3.8) is 0 Å². The molecular formula is C18H20O4. The lowest BCUT2D eigenvalue weighted by Crippen LogP contribution is -2.29. The summed E-state index contributed by atoms with van der Waals surface area (Å²) in [5, 5.41) is 9.43. The van der Waals surface area contributed by atoms with Gasteiger partial charge in [-0.3, -0.25) is 0 Å². The van der Waals surface area contributed by atoms with Gasteiger partial charge in [0.1, 0.15) is 11.5 Å². The van der Waals surface area contributed by atoms with Gasteiger partial charge < -0.3 is 14.6 Å². The van der Waals surface area contributed by atoms with Crippen LogP contribution in [0.25, 0.3) is 0 Å². The van der Waals surface area contributed by atoms with Crippen LogP contribution >= 0.6 is 0 Å². The van der Waals surface area contributed by atoms with Crippen molar-refractivity contribution in [2.75, 3.05) is 7.11 Å². The molecule has 2 aromatic carbocycles. The predicted octanol–water partition coefficient (Wildman–Crippen LogP) is 3.33. The fraction of sp³-hybridized carbons (Fsp3) is 0.278. The molecule has 116 valence electrons. The molecule has 4 heteroatoms. The number of aliphatic carboxylic acids is 1. The Bertz CT molecular complexity index is 636. The Balaban J connectivity index is 2.18. The zero-order valence-electron chi connectivity index (χ0n) is 12.8. The van der Waals surface area contributed by atoms with Gasteiger partial charge in [0, 0.05) is 12.5 Å². The van der Waals surface area contributed by atoms with Gasteiger partial charge in [0.2, 0.25) is 0 Å². The van der Waals surface area contributed by atoms with Crippen LogP contribution in [0.5, 0.6) is 11.5 Å². The van der Waals surface area contributed by atoms with E-state index in [2.05, 4.69) is 6.92 Å². The van der Waals surface area contributed by atoms with Gasteiger partial charge in [-0.1, -0.05) is 37.3 Å². The second kappa shape index (κ2) is 7.50. The summed E-state index contributed by atoms with van der Waals surface area (Å²) < 4.78 is 10.8. The summed E-state index contributed by atoms with van der Waals surface area (Å²) in [6.07, 6.45) is 0.262. The van der Waals surface area contributed by atoms with Gasteiger partial charge >= 0.3 is 5.97 Å². The number of hydrogen-bond donors (Lipinski definition) is 1. The highest BCUT2D eigenvalue weighted by atomic mass is 16.5. The molecular weight excluding hydrogens is 280 g/mol. The lowest BCUT2D eigenvalue weighted by atomic mass is 10.00. The van der Waals surface area contributed by atoms with E-state index in [1.54, 1.807) is 31.4 Å². The zero-order chi connectivity index (χ0) is 15.9. The standard InChI is InChI=1S/C18H20O4/c1-3-13-7-4-5-8-14(13)11-17(18(19)20)22-16-10-6-9-15(12-16)21-2/h4-10,12,17H,3,11H2,1-2H3,(H,19,20)/t17-/m1/s1. The highest BCUT2D eigenvalue weighted by molar-refractivity contribution is 5.73. The van der Waals surface area contributed by atoms with Gasteiger partial charge in [-0.15, -0.1) is 0 Å². The molecule has 2 aromatic rings. The van der Waals surface area contributed by atoms with Gasteiger partial charge in [0.25, 0.3) is 0 Å². The van der Waals surface area contributed by atoms with E-state index in [0.29, 0.717) is 17.9 Å². The van der Waals surface area contributed by atoms with Gasteiger partial charge in [0.05, 0.1) is 7.11 Å². The molecule has 0 saturated heterocycles. The summed E-state index contributed by atoms with van der Waals surface area (Å²) in [6.45, 7) is 2.05. The number of rotatable bonds is 7. The summed E-state index contributed by atoms with van der Waals surface area (Å²) in [6, 6.07) is 14.8. The number of carboxylic acid groups (broad SMARTS) is 1. The largest absolute Gasteiger partial charge is 0.497 e. The number of aryl methyl sites for hydroxylation is 1. The minimum atomic E-state index is -0.978.